The van der Waals surface area contributed by atoms with E-state index in [1.54, 1.807) is 12.5 Å². The third-order valence-electron chi connectivity index (χ3n) is 5.71. The Morgan fingerprint density at radius 3 is 2.48 bits per heavy atom. The van der Waals surface area contributed by atoms with Crippen LogP contribution in [0.5, 0.6) is 0 Å². The van der Waals surface area contributed by atoms with E-state index in [1.807, 2.05) is 6.07 Å². The van der Waals surface area contributed by atoms with E-state index in [4.69, 9.17) is 4.42 Å². The maximum atomic E-state index is 12.3. The van der Waals surface area contributed by atoms with Crippen molar-refractivity contribution in [2.45, 2.75) is 76.8 Å². The Labute approximate surface area is 149 Å². The lowest BCUT2D eigenvalue weighted by Crippen LogP contribution is -2.41. The standard InChI is InChI=1S/C20H30N2O3/c23-19(12-15-4-2-1-3-5-15)22-18-8-6-17(7-9-18)20(24)21-13-16-10-11-25-14-16/h10-11,14-15,17-18H,1-9,12-13H2,(H,21,24)(H,22,23). The van der Waals surface area contributed by atoms with Crippen molar-refractivity contribution in [1.29, 1.82) is 0 Å². The van der Waals surface area contributed by atoms with Crippen molar-refractivity contribution in [2.24, 2.45) is 11.8 Å². The summed E-state index contributed by atoms with van der Waals surface area (Å²) in [5.41, 5.74) is 0.983. The van der Waals surface area contributed by atoms with E-state index in [2.05, 4.69) is 10.6 Å². The van der Waals surface area contributed by atoms with Gasteiger partial charge in [0.05, 0.1) is 12.5 Å². The first-order chi connectivity index (χ1) is 12.2. The van der Waals surface area contributed by atoms with Crippen LogP contribution in [0.4, 0.5) is 0 Å². The maximum Gasteiger partial charge on any atom is 0.223 e. The first kappa shape index (κ1) is 18.0. The van der Waals surface area contributed by atoms with Crippen LogP contribution in [0, 0.1) is 11.8 Å². The fourth-order valence-corrected chi connectivity index (χ4v) is 4.17. The zero-order valence-corrected chi connectivity index (χ0v) is 15.0. The van der Waals surface area contributed by atoms with E-state index in [0.717, 1.165) is 31.2 Å². The highest BCUT2D eigenvalue weighted by Gasteiger charge is 2.27. The molecule has 2 aliphatic carbocycles. The summed E-state index contributed by atoms with van der Waals surface area (Å²) in [7, 11) is 0. The number of furan rings is 1. The van der Waals surface area contributed by atoms with Gasteiger partial charge in [0, 0.05) is 30.5 Å². The molecule has 3 rings (SSSR count). The molecule has 2 saturated carbocycles. The van der Waals surface area contributed by atoms with Crippen molar-refractivity contribution < 1.29 is 14.0 Å². The van der Waals surface area contributed by atoms with Crippen molar-refractivity contribution in [2.75, 3.05) is 0 Å². The summed E-state index contributed by atoms with van der Waals surface area (Å²) in [4.78, 5) is 24.5. The van der Waals surface area contributed by atoms with Crippen molar-refractivity contribution in [1.82, 2.24) is 10.6 Å². The number of carbonyl (C=O) groups excluding carboxylic acids is 2. The molecule has 25 heavy (non-hydrogen) atoms. The predicted molar refractivity (Wildman–Crippen MR) is 95.6 cm³/mol. The molecule has 0 spiro atoms. The highest BCUT2D eigenvalue weighted by Crippen LogP contribution is 2.27. The molecule has 2 fully saturated rings. The molecular formula is C20H30N2O3. The van der Waals surface area contributed by atoms with Crippen LogP contribution in [-0.2, 0) is 16.1 Å². The fourth-order valence-electron chi connectivity index (χ4n) is 4.17. The molecule has 0 unspecified atom stereocenters. The zero-order valence-electron chi connectivity index (χ0n) is 15.0. The maximum absolute atomic E-state index is 12.3. The van der Waals surface area contributed by atoms with Crippen LogP contribution in [0.3, 0.4) is 0 Å². The van der Waals surface area contributed by atoms with Gasteiger partial charge >= 0.3 is 0 Å². The minimum absolute atomic E-state index is 0.0680. The molecule has 138 valence electrons. The lowest BCUT2D eigenvalue weighted by molar-refractivity contribution is -0.126. The molecule has 2 amide bonds. The summed E-state index contributed by atoms with van der Waals surface area (Å²) in [6.07, 6.45) is 13.7. The molecule has 5 heteroatoms. The van der Waals surface area contributed by atoms with Crippen molar-refractivity contribution in [3.05, 3.63) is 24.2 Å². The van der Waals surface area contributed by atoms with E-state index in [0.29, 0.717) is 18.9 Å². The monoisotopic (exact) mass is 346 g/mol. The van der Waals surface area contributed by atoms with Gasteiger partial charge < -0.3 is 15.1 Å². The normalized spacial score (nSPS) is 24.6. The SMILES string of the molecule is O=C(CC1CCCCC1)NC1CCC(C(=O)NCc2ccoc2)CC1. The number of amides is 2. The molecule has 0 atom stereocenters. The molecule has 1 aromatic rings. The van der Waals surface area contributed by atoms with E-state index in [-0.39, 0.29) is 23.8 Å². The first-order valence-electron chi connectivity index (χ1n) is 9.79. The van der Waals surface area contributed by atoms with Crippen LogP contribution >= 0.6 is 0 Å². The Kier molecular flexibility index (Phi) is 6.54. The zero-order chi connectivity index (χ0) is 17.5. The van der Waals surface area contributed by atoms with Crippen LogP contribution in [0.15, 0.2) is 23.0 Å². The number of rotatable bonds is 6. The van der Waals surface area contributed by atoms with Gasteiger partial charge in [0.1, 0.15) is 0 Å². The predicted octanol–water partition coefficient (Wildman–Crippen LogP) is 3.54. The second kappa shape index (κ2) is 9.07. The number of hydrogen-bond acceptors (Lipinski definition) is 3. The van der Waals surface area contributed by atoms with Gasteiger partial charge in [-0.2, -0.15) is 0 Å². The average Bonchev–Trinajstić information content (AvgIpc) is 3.14. The number of carbonyl (C=O) groups is 2. The van der Waals surface area contributed by atoms with Crippen molar-refractivity contribution in [3.8, 4) is 0 Å². The highest BCUT2D eigenvalue weighted by atomic mass is 16.3. The smallest absolute Gasteiger partial charge is 0.223 e. The molecule has 0 aliphatic heterocycles. The first-order valence-corrected chi connectivity index (χ1v) is 9.79. The third kappa shape index (κ3) is 5.62. The summed E-state index contributed by atoms with van der Waals surface area (Å²) in [6.45, 7) is 0.521. The molecule has 2 N–H and O–H groups in total. The van der Waals surface area contributed by atoms with Gasteiger partial charge in [-0.15, -0.1) is 0 Å². The molecule has 0 saturated heterocycles. The molecule has 0 radical (unpaired) electrons. The topological polar surface area (TPSA) is 71.3 Å². The largest absolute Gasteiger partial charge is 0.472 e. The summed E-state index contributed by atoms with van der Waals surface area (Å²) in [5.74, 6) is 0.977. The molecule has 2 aliphatic rings. The summed E-state index contributed by atoms with van der Waals surface area (Å²) in [6, 6.07) is 2.10. The van der Waals surface area contributed by atoms with Gasteiger partial charge in [-0.05, 0) is 50.5 Å². The lowest BCUT2D eigenvalue weighted by atomic mass is 9.84. The van der Waals surface area contributed by atoms with E-state index < -0.39 is 0 Å². The molecule has 0 bridgehead atoms. The molecule has 1 heterocycles. The fraction of sp³-hybridized carbons (Fsp3) is 0.700. The summed E-state index contributed by atoms with van der Waals surface area (Å²) >= 11 is 0. The quantitative estimate of drug-likeness (QED) is 0.827. The van der Waals surface area contributed by atoms with Crippen molar-refractivity contribution in [3.63, 3.8) is 0 Å². The van der Waals surface area contributed by atoms with Gasteiger partial charge in [0.15, 0.2) is 0 Å². The van der Waals surface area contributed by atoms with Gasteiger partial charge in [-0.3, -0.25) is 9.59 Å². The lowest BCUT2D eigenvalue weighted by Gasteiger charge is -2.29. The van der Waals surface area contributed by atoms with Gasteiger partial charge in [0.2, 0.25) is 11.8 Å². The molecular weight excluding hydrogens is 316 g/mol. The van der Waals surface area contributed by atoms with Crippen molar-refractivity contribution >= 4 is 11.8 Å². The number of nitrogens with one attached hydrogen (secondary N) is 2. The van der Waals surface area contributed by atoms with Crippen LogP contribution in [-0.4, -0.2) is 17.9 Å². The summed E-state index contributed by atoms with van der Waals surface area (Å²) < 4.78 is 5.01. The minimum Gasteiger partial charge on any atom is -0.472 e. The Hall–Kier alpha value is -1.78. The van der Waals surface area contributed by atoms with Crippen LogP contribution in [0.1, 0.15) is 69.8 Å². The third-order valence-corrected chi connectivity index (χ3v) is 5.71. The highest BCUT2D eigenvalue weighted by molar-refractivity contribution is 5.79. The van der Waals surface area contributed by atoms with E-state index in [9.17, 15) is 9.59 Å². The Bertz CT molecular complexity index is 541. The van der Waals surface area contributed by atoms with E-state index >= 15 is 0 Å². The molecule has 5 nitrogen and oxygen atoms in total. The molecule has 0 aromatic carbocycles. The van der Waals surface area contributed by atoms with Crippen LogP contribution in [0.2, 0.25) is 0 Å². The second-order valence-corrected chi connectivity index (χ2v) is 7.67. The summed E-state index contributed by atoms with van der Waals surface area (Å²) in [5, 5.41) is 6.18. The van der Waals surface area contributed by atoms with Gasteiger partial charge in [-0.25, -0.2) is 0 Å². The van der Waals surface area contributed by atoms with Crippen LogP contribution < -0.4 is 10.6 Å². The Balaban J connectivity index is 1.33. The van der Waals surface area contributed by atoms with Gasteiger partial charge in [0.25, 0.3) is 0 Å². The minimum atomic E-state index is 0.0680. The Morgan fingerprint density at radius 1 is 1.04 bits per heavy atom. The molecule has 1 aromatic heterocycles. The van der Waals surface area contributed by atoms with Gasteiger partial charge in [-0.1, -0.05) is 19.3 Å². The van der Waals surface area contributed by atoms with E-state index in [1.165, 1.54) is 32.1 Å². The van der Waals surface area contributed by atoms with Crippen LogP contribution in [0.25, 0.3) is 0 Å². The second-order valence-electron chi connectivity index (χ2n) is 7.67. The average molecular weight is 346 g/mol. The Morgan fingerprint density at radius 2 is 1.80 bits per heavy atom. The number of hydrogen-bond donors (Lipinski definition) is 2.